The minimum Gasteiger partial charge on any atom is -0.445 e. The van der Waals surface area contributed by atoms with Crippen molar-refractivity contribution >= 4 is 36.2 Å². The first kappa shape index (κ1) is 72.8. The first-order valence-electron chi connectivity index (χ1n) is 37.6. The Labute approximate surface area is 600 Å². The highest BCUT2D eigenvalue weighted by atomic mass is 16.7. The normalized spacial score (nSPS) is 25.6. The number of nitro groups is 1. The number of nitrogens with one attached hydrogen (secondary N) is 2. The summed E-state index contributed by atoms with van der Waals surface area (Å²) in [5, 5.41) is 17.3. The van der Waals surface area contributed by atoms with E-state index in [0.29, 0.717) is 29.1 Å². The molecule has 2 heterocycles. The summed E-state index contributed by atoms with van der Waals surface area (Å²) in [4.78, 5) is 77.6. The molecule has 102 heavy (non-hydrogen) atoms. The van der Waals surface area contributed by atoms with Crippen LogP contribution in [0.3, 0.4) is 0 Å². The van der Waals surface area contributed by atoms with Crippen LogP contribution in [0.15, 0.2) is 140 Å². The maximum absolute atomic E-state index is 13.0. The van der Waals surface area contributed by atoms with Crippen LogP contribution in [0.5, 0.6) is 23.0 Å². The summed E-state index contributed by atoms with van der Waals surface area (Å²) in [6.07, 6.45) is 24.1. The van der Waals surface area contributed by atoms with Crippen molar-refractivity contribution < 1.29 is 57.3 Å². The molecule has 3 saturated carbocycles. The van der Waals surface area contributed by atoms with E-state index in [1.807, 2.05) is 94.7 Å². The molecule has 0 spiro atoms. The van der Waals surface area contributed by atoms with E-state index in [0.717, 1.165) is 146 Å². The Bertz CT molecular complexity index is 3880. The number of nitrogens with zero attached hydrogens (tertiary/aromatic N) is 3. The van der Waals surface area contributed by atoms with Crippen LogP contribution in [-0.2, 0) is 58.2 Å². The average molecular weight is 1390 g/mol. The van der Waals surface area contributed by atoms with Gasteiger partial charge in [-0.15, -0.1) is 0 Å². The smallest absolute Gasteiger partial charge is 0.445 e. The molecule has 2 saturated heterocycles. The van der Waals surface area contributed by atoms with Gasteiger partial charge in [0.15, 0.2) is 0 Å². The molecule has 14 rings (SSSR count). The summed E-state index contributed by atoms with van der Waals surface area (Å²) in [5.41, 5.74) is 15.3. The number of non-ortho nitro benzene ring substituents is 1. The number of piperidine rings is 2. The van der Waals surface area contributed by atoms with Gasteiger partial charge in [0.05, 0.1) is 4.92 Å². The third-order valence-electron chi connectivity index (χ3n) is 23.5. The number of ether oxygens (including phenoxy) is 6. The molecule has 542 valence electrons. The predicted octanol–water partition coefficient (Wildman–Crippen LogP) is 17.6. The summed E-state index contributed by atoms with van der Waals surface area (Å²) in [5.74, 6) is 2.94. The monoisotopic (exact) mass is 1390 g/mol. The highest BCUT2D eigenvalue weighted by Gasteiger charge is 2.49. The highest BCUT2D eigenvalue weighted by molar-refractivity contribution is 5.73. The second-order valence-electron chi connectivity index (χ2n) is 30.3. The van der Waals surface area contributed by atoms with E-state index in [1.54, 1.807) is 6.07 Å². The van der Waals surface area contributed by atoms with Crippen LogP contribution in [0.25, 0.3) is 0 Å². The van der Waals surface area contributed by atoms with Crippen molar-refractivity contribution in [2.75, 3.05) is 26.2 Å². The first-order chi connectivity index (χ1) is 49.4. The summed E-state index contributed by atoms with van der Waals surface area (Å²) >= 11 is 0. The Hall–Kier alpha value is -8.97. The molecule has 6 aromatic rings. The highest BCUT2D eigenvalue weighted by Crippen LogP contribution is 2.51. The van der Waals surface area contributed by atoms with Gasteiger partial charge >= 0.3 is 30.5 Å². The molecule has 19 heteroatoms. The number of nitro benzene ring substituents is 1. The van der Waals surface area contributed by atoms with E-state index in [1.165, 1.54) is 103 Å². The molecule has 6 bridgehead atoms. The topological polar surface area (TPSA) is 240 Å². The second kappa shape index (κ2) is 33.4. The van der Waals surface area contributed by atoms with Gasteiger partial charge in [0.2, 0.25) is 0 Å². The zero-order chi connectivity index (χ0) is 71.2. The fraction of sp³-hybridized carbons (Fsp3) is 0.506. The first-order valence-corrected chi connectivity index (χ1v) is 37.6. The lowest BCUT2D eigenvalue weighted by Gasteiger charge is -2.49. The van der Waals surface area contributed by atoms with E-state index < -0.39 is 17.2 Å². The van der Waals surface area contributed by atoms with Crippen LogP contribution in [0.1, 0.15) is 200 Å². The number of likely N-dealkylation sites (tertiary alicyclic amines) is 2. The number of amides is 4. The van der Waals surface area contributed by atoms with Crippen molar-refractivity contribution in [3.63, 3.8) is 0 Å². The number of fused-ring (bicyclic) bond motifs is 12. The van der Waals surface area contributed by atoms with E-state index in [9.17, 15) is 34.1 Å². The van der Waals surface area contributed by atoms with E-state index in [4.69, 9.17) is 34.2 Å². The van der Waals surface area contributed by atoms with Crippen molar-refractivity contribution in [1.82, 2.24) is 20.4 Å². The molecule has 4 amide bonds. The number of nitrogens with two attached hydrogens (primary N) is 1. The number of rotatable bonds is 11. The van der Waals surface area contributed by atoms with Gasteiger partial charge in [0, 0.05) is 72.7 Å². The summed E-state index contributed by atoms with van der Waals surface area (Å²) in [7, 11) is 0. The fourth-order valence-corrected chi connectivity index (χ4v) is 17.9. The Morgan fingerprint density at radius 1 is 0.451 bits per heavy atom. The molecule has 9 atom stereocenters. The third-order valence-corrected chi connectivity index (χ3v) is 23.5. The average Bonchev–Trinajstić information content (AvgIpc) is 0.756. The maximum Gasteiger partial charge on any atom is 0.519 e. The van der Waals surface area contributed by atoms with Crippen LogP contribution in [0.4, 0.5) is 29.7 Å². The van der Waals surface area contributed by atoms with Crippen molar-refractivity contribution in [2.45, 2.75) is 222 Å². The molecule has 8 aliphatic rings. The number of hydrogen-bond donors (Lipinski definition) is 3. The Morgan fingerprint density at radius 3 is 1.25 bits per heavy atom. The van der Waals surface area contributed by atoms with Gasteiger partial charge in [0.1, 0.15) is 36.2 Å². The Balaban J connectivity index is 0.000000148. The zero-order valence-electron chi connectivity index (χ0n) is 59.7. The molecular weight excluding hydrogens is 1290 g/mol. The van der Waals surface area contributed by atoms with Gasteiger partial charge in [-0.25, -0.2) is 24.0 Å². The van der Waals surface area contributed by atoms with Gasteiger partial charge in [-0.2, -0.15) is 0 Å². The molecule has 0 radical (unpaired) electrons. The molecule has 6 aromatic carbocycles. The lowest BCUT2D eigenvalue weighted by molar-refractivity contribution is -0.384. The molecule has 5 fully saturated rings. The van der Waals surface area contributed by atoms with Crippen LogP contribution in [0, 0.1) is 27.9 Å². The number of carbonyl (C=O) groups excluding carboxylic acids is 5. The van der Waals surface area contributed by atoms with Crippen LogP contribution >= 0.6 is 0 Å². The summed E-state index contributed by atoms with van der Waals surface area (Å²) in [6, 6.07) is 42.6. The van der Waals surface area contributed by atoms with E-state index in [2.05, 4.69) is 55.7 Å². The summed E-state index contributed by atoms with van der Waals surface area (Å²) in [6.45, 7) is 10.4. The van der Waals surface area contributed by atoms with Crippen LogP contribution in [0.2, 0.25) is 0 Å². The minimum atomic E-state index is -0.940. The number of hydrogen-bond acceptors (Lipinski definition) is 14. The molecule has 6 aliphatic carbocycles. The zero-order valence-corrected chi connectivity index (χ0v) is 59.7. The predicted molar refractivity (Wildman–Crippen MR) is 390 cm³/mol. The number of benzene rings is 6. The Morgan fingerprint density at radius 2 is 0.814 bits per heavy atom. The molecule has 2 aliphatic heterocycles. The van der Waals surface area contributed by atoms with Gasteiger partial charge in [-0.1, -0.05) is 157 Å². The second-order valence-corrected chi connectivity index (χ2v) is 30.3. The van der Waals surface area contributed by atoms with Crippen molar-refractivity contribution in [3.05, 3.63) is 194 Å². The SMILES string of the molecule is C[C@@]12CCCCC[C@@H](Cc3ccc(OC(=O)N4CCCCC4)cc31)[C@@H]2N.C[C@@]12CCCCC[C@@H](Cc3ccc(OC(=O)N4CCCCC4)cc31)[C@@H]2NC(=O)OCc1ccccc1.C[C@@]12CCCCC[C@@H](Cc3ccc(OC(=O)Oc4ccc([N+](=O)[O-])cc4)cc31)[C@@H]2NC(=O)OCc1ccccc1. The quantitative estimate of drug-likeness (QED) is 0.0473. The van der Waals surface area contributed by atoms with Crippen molar-refractivity contribution in [1.29, 1.82) is 0 Å². The number of carbonyl (C=O) groups is 5. The van der Waals surface area contributed by atoms with E-state index in [-0.39, 0.29) is 83.2 Å². The maximum atomic E-state index is 13.0. The van der Waals surface area contributed by atoms with E-state index >= 15 is 0 Å². The van der Waals surface area contributed by atoms with Gasteiger partial charge < -0.3 is 54.6 Å². The number of alkyl carbamates (subject to hydrolysis) is 2. The summed E-state index contributed by atoms with van der Waals surface area (Å²) < 4.78 is 33.5. The van der Waals surface area contributed by atoms with Gasteiger partial charge in [0.25, 0.3) is 5.69 Å². The van der Waals surface area contributed by atoms with Gasteiger partial charge in [-0.3, -0.25) is 10.1 Å². The van der Waals surface area contributed by atoms with Gasteiger partial charge in [-0.05, 0) is 207 Å². The minimum absolute atomic E-state index is 0.00773. The molecule has 0 aromatic heterocycles. The fourth-order valence-electron chi connectivity index (χ4n) is 17.9. The van der Waals surface area contributed by atoms with Crippen LogP contribution in [-0.4, -0.2) is 89.6 Å². The van der Waals surface area contributed by atoms with Crippen molar-refractivity contribution in [2.24, 2.45) is 23.5 Å². The third kappa shape index (κ3) is 17.6. The molecule has 19 nitrogen and oxygen atoms in total. The standard InChI is InChI=1S/C31H32N2O7.C30H38N2O4.C22H32N2O2/c1-31-17-7-3-6-10-23(28(31)32-29(34)38-20-21-8-4-2-5-9-21)18-22-11-14-26(19-27(22)31)40-30(35)39-25-15-12-24(13-16-25)33(36)37;1-30-16-8-3-7-13-24(27(30)31-28(33)35-21-22-11-5-2-6-12-22)19-23-14-15-25(20-26(23)30)36-29(34)32-17-9-4-10-18-32;1-22-11-5-2-4-8-17(20(22)23)14-16-9-10-18(15-19(16)22)26-21(25)24-12-6-3-7-13-24/h2,4-5,8-9,11-16,19,23,28H,3,6-7,10,17-18,20H2,1H3,(H,32,34);2,5-6,11-12,14-15,20,24,27H,3-4,7-10,13,16-19,21H2,1H3,(H,31,33);9-10,15,17,20H,2-8,11-14,23H2,1H3/t23-,28-,31+;24-,27-,30+;17-,20-,22+/m000/s1. The Kier molecular flexibility index (Phi) is 23.9. The lowest BCUT2D eigenvalue weighted by Crippen LogP contribution is -2.57. The largest absolute Gasteiger partial charge is 0.519 e. The molecular formula is C83H102N6O13. The van der Waals surface area contributed by atoms with Crippen LogP contribution < -0.4 is 35.3 Å². The lowest BCUT2D eigenvalue weighted by atomic mass is 9.59. The van der Waals surface area contributed by atoms with Crippen molar-refractivity contribution in [3.8, 4) is 23.0 Å². The molecule has 4 N–H and O–H groups in total. The molecule has 0 unspecified atom stereocenters.